The SMILES string of the molecule is COCCN1CCC(c2cccc(OC)c2)C1. The maximum Gasteiger partial charge on any atom is 0.119 e. The number of methoxy groups -OCH3 is 2. The molecule has 1 saturated heterocycles. The molecule has 0 bridgehead atoms. The van der Waals surface area contributed by atoms with Crippen molar-refractivity contribution in [3.05, 3.63) is 29.8 Å². The van der Waals surface area contributed by atoms with Crippen LogP contribution in [-0.2, 0) is 4.74 Å². The second-order valence-corrected chi connectivity index (χ2v) is 4.56. The number of ether oxygens (including phenoxy) is 2. The molecule has 1 unspecified atom stereocenters. The Morgan fingerprint density at radius 2 is 2.24 bits per heavy atom. The standard InChI is InChI=1S/C14H21NO2/c1-16-9-8-15-7-6-13(11-15)12-4-3-5-14(10-12)17-2/h3-5,10,13H,6-9,11H2,1-2H3. The summed E-state index contributed by atoms with van der Waals surface area (Å²) in [4.78, 5) is 2.47. The quantitative estimate of drug-likeness (QED) is 0.780. The van der Waals surface area contributed by atoms with Gasteiger partial charge in [0, 0.05) is 20.2 Å². The number of likely N-dealkylation sites (tertiary alicyclic amines) is 1. The van der Waals surface area contributed by atoms with E-state index in [1.165, 1.54) is 18.5 Å². The van der Waals surface area contributed by atoms with Crippen LogP contribution in [0.25, 0.3) is 0 Å². The van der Waals surface area contributed by atoms with Gasteiger partial charge in [0.25, 0.3) is 0 Å². The van der Waals surface area contributed by atoms with Crippen molar-refractivity contribution in [1.82, 2.24) is 4.90 Å². The van der Waals surface area contributed by atoms with E-state index in [2.05, 4.69) is 23.1 Å². The smallest absolute Gasteiger partial charge is 0.119 e. The zero-order valence-corrected chi connectivity index (χ0v) is 10.7. The van der Waals surface area contributed by atoms with Crippen LogP contribution < -0.4 is 4.74 Å². The number of hydrogen-bond acceptors (Lipinski definition) is 3. The van der Waals surface area contributed by atoms with Gasteiger partial charge < -0.3 is 14.4 Å². The summed E-state index contributed by atoms with van der Waals surface area (Å²) in [6.07, 6.45) is 1.23. The Bertz CT molecular complexity index is 354. The Labute approximate surface area is 103 Å². The number of nitrogens with zero attached hydrogens (tertiary/aromatic N) is 1. The van der Waals surface area contributed by atoms with Crippen molar-refractivity contribution in [2.75, 3.05) is 40.5 Å². The highest BCUT2D eigenvalue weighted by molar-refractivity contribution is 5.31. The molecule has 1 fully saturated rings. The predicted molar refractivity (Wildman–Crippen MR) is 68.7 cm³/mol. The number of hydrogen-bond donors (Lipinski definition) is 0. The highest BCUT2D eigenvalue weighted by Crippen LogP contribution is 2.28. The molecule has 1 aromatic rings. The Hall–Kier alpha value is -1.06. The predicted octanol–water partition coefficient (Wildman–Crippen LogP) is 2.13. The minimum atomic E-state index is 0.641. The highest BCUT2D eigenvalue weighted by Gasteiger charge is 2.23. The summed E-state index contributed by atoms with van der Waals surface area (Å²) in [6, 6.07) is 8.44. The fourth-order valence-corrected chi connectivity index (χ4v) is 2.42. The highest BCUT2D eigenvalue weighted by atomic mass is 16.5. The lowest BCUT2D eigenvalue weighted by atomic mass is 9.98. The van der Waals surface area contributed by atoms with Crippen molar-refractivity contribution < 1.29 is 9.47 Å². The first-order valence-corrected chi connectivity index (χ1v) is 6.18. The van der Waals surface area contributed by atoms with E-state index in [0.717, 1.165) is 25.4 Å². The molecule has 0 amide bonds. The molecule has 1 aliphatic rings. The summed E-state index contributed by atoms with van der Waals surface area (Å²) in [7, 11) is 3.48. The van der Waals surface area contributed by atoms with Gasteiger partial charge in [0.2, 0.25) is 0 Å². The second kappa shape index (κ2) is 6.03. The average Bonchev–Trinajstić information content (AvgIpc) is 2.85. The maximum absolute atomic E-state index is 5.27. The van der Waals surface area contributed by atoms with E-state index >= 15 is 0 Å². The Balaban J connectivity index is 1.94. The summed E-state index contributed by atoms with van der Waals surface area (Å²) in [5, 5.41) is 0. The molecule has 0 aromatic heterocycles. The molecule has 1 heterocycles. The normalized spacial score (nSPS) is 20.7. The molecule has 0 saturated carbocycles. The van der Waals surface area contributed by atoms with Crippen LogP contribution in [-0.4, -0.2) is 45.4 Å². The summed E-state index contributed by atoms with van der Waals surface area (Å²) < 4.78 is 10.4. The van der Waals surface area contributed by atoms with Crippen molar-refractivity contribution in [2.45, 2.75) is 12.3 Å². The second-order valence-electron chi connectivity index (χ2n) is 4.56. The van der Waals surface area contributed by atoms with Crippen LogP contribution in [0.2, 0.25) is 0 Å². The third-order valence-electron chi connectivity index (χ3n) is 3.45. The van der Waals surface area contributed by atoms with E-state index in [1.54, 1.807) is 14.2 Å². The topological polar surface area (TPSA) is 21.7 Å². The van der Waals surface area contributed by atoms with E-state index < -0.39 is 0 Å². The lowest BCUT2D eigenvalue weighted by molar-refractivity contribution is 0.160. The van der Waals surface area contributed by atoms with Gasteiger partial charge in [-0.2, -0.15) is 0 Å². The summed E-state index contributed by atoms with van der Waals surface area (Å²) in [5.74, 6) is 1.60. The van der Waals surface area contributed by atoms with Crippen LogP contribution in [0, 0.1) is 0 Å². The Morgan fingerprint density at radius 1 is 1.35 bits per heavy atom. The van der Waals surface area contributed by atoms with E-state index in [1.807, 2.05) is 6.07 Å². The van der Waals surface area contributed by atoms with Crippen LogP contribution in [0.1, 0.15) is 17.9 Å². The van der Waals surface area contributed by atoms with Gasteiger partial charge in [0.05, 0.1) is 13.7 Å². The van der Waals surface area contributed by atoms with Gasteiger partial charge in [-0.25, -0.2) is 0 Å². The molecule has 1 aliphatic heterocycles. The first-order valence-electron chi connectivity index (χ1n) is 6.18. The van der Waals surface area contributed by atoms with Gasteiger partial charge in [-0.05, 0) is 36.6 Å². The first-order chi connectivity index (χ1) is 8.33. The first kappa shape index (κ1) is 12.4. The van der Waals surface area contributed by atoms with Gasteiger partial charge in [-0.1, -0.05) is 12.1 Å². The number of rotatable bonds is 5. The molecule has 0 spiro atoms. The van der Waals surface area contributed by atoms with Crippen molar-refractivity contribution in [3.63, 3.8) is 0 Å². The van der Waals surface area contributed by atoms with Crippen molar-refractivity contribution in [3.8, 4) is 5.75 Å². The van der Waals surface area contributed by atoms with Gasteiger partial charge in [-0.15, -0.1) is 0 Å². The van der Waals surface area contributed by atoms with E-state index in [0.29, 0.717) is 5.92 Å². The Morgan fingerprint density at radius 3 is 3.00 bits per heavy atom. The molecular formula is C14H21NO2. The Kier molecular flexibility index (Phi) is 4.40. The fraction of sp³-hybridized carbons (Fsp3) is 0.571. The molecule has 1 atom stereocenters. The minimum absolute atomic E-state index is 0.641. The van der Waals surface area contributed by atoms with Crippen molar-refractivity contribution >= 4 is 0 Å². The van der Waals surface area contributed by atoms with Crippen LogP contribution >= 0.6 is 0 Å². The molecule has 17 heavy (non-hydrogen) atoms. The lowest BCUT2D eigenvalue weighted by Gasteiger charge is -2.15. The fourth-order valence-electron chi connectivity index (χ4n) is 2.42. The lowest BCUT2D eigenvalue weighted by Crippen LogP contribution is -2.24. The van der Waals surface area contributed by atoms with Crippen molar-refractivity contribution in [1.29, 1.82) is 0 Å². The van der Waals surface area contributed by atoms with Crippen molar-refractivity contribution in [2.24, 2.45) is 0 Å². The third kappa shape index (κ3) is 3.20. The van der Waals surface area contributed by atoms with E-state index in [4.69, 9.17) is 9.47 Å². The monoisotopic (exact) mass is 235 g/mol. The van der Waals surface area contributed by atoms with Gasteiger partial charge in [0.15, 0.2) is 0 Å². The van der Waals surface area contributed by atoms with Crippen LogP contribution in [0.5, 0.6) is 5.75 Å². The van der Waals surface area contributed by atoms with Crippen LogP contribution in [0.3, 0.4) is 0 Å². The van der Waals surface area contributed by atoms with Gasteiger partial charge in [0.1, 0.15) is 5.75 Å². The van der Waals surface area contributed by atoms with Crippen LogP contribution in [0.4, 0.5) is 0 Å². The molecule has 2 rings (SSSR count). The van der Waals surface area contributed by atoms with Crippen LogP contribution in [0.15, 0.2) is 24.3 Å². The third-order valence-corrected chi connectivity index (χ3v) is 3.45. The van der Waals surface area contributed by atoms with Gasteiger partial charge >= 0.3 is 0 Å². The molecule has 1 aromatic carbocycles. The molecular weight excluding hydrogens is 214 g/mol. The molecule has 0 aliphatic carbocycles. The zero-order chi connectivity index (χ0) is 12.1. The molecule has 0 N–H and O–H groups in total. The van der Waals surface area contributed by atoms with Gasteiger partial charge in [-0.3, -0.25) is 0 Å². The number of benzene rings is 1. The van der Waals surface area contributed by atoms with E-state index in [9.17, 15) is 0 Å². The molecule has 94 valence electrons. The maximum atomic E-state index is 5.27. The average molecular weight is 235 g/mol. The molecule has 3 heteroatoms. The summed E-state index contributed by atoms with van der Waals surface area (Å²) >= 11 is 0. The minimum Gasteiger partial charge on any atom is -0.497 e. The summed E-state index contributed by atoms with van der Waals surface area (Å²) in [5.41, 5.74) is 1.39. The molecule has 0 radical (unpaired) electrons. The zero-order valence-electron chi connectivity index (χ0n) is 10.7. The van der Waals surface area contributed by atoms with E-state index in [-0.39, 0.29) is 0 Å². The molecule has 3 nitrogen and oxygen atoms in total. The largest absolute Gasteiger partial charge is 0.497 e. The summed E-state index contributed by atoms with van der Waals surface area (Å²) in [6.45, 7) is 4.17.